The number of nitro groups is 1. The molecule has 1 aromatic carbocycles. The quantitative estimate of drug-likeness (QED) is 0.605. The minimum absolute atomic E-state index is 0.0535. The molecule has 1 atom stereocenters. The van der Waals surface area contributed by atoms with Crippen LogP contribution in [-0.2, 0) is 11.3 Å². The van der Waals surface area contributed by atoms with Crippen LogP contribution in [0, 0.1) is 16.0 Å². The Balaban J connectivity index is 1.63. The summed E-state index contributed by atoms with van der Waals surface area (Å²) in [6.07, 6.45) is 4.37. The molecule has 1 unspecified atom stereocenters. The van der Waals surface area contributed by atoms with Crippen LogP contribution in [0.4, 0.5) is 5.69 Å². The maximum Gasteiger partial charge on any atom is 0.288 e. The number of carbonyl (C=O) groups excluding carboxylic acids is 1. The van der Waals surface area contributed by atoms with E-state index in [0.717, 1.165) is 44.3 Å². The smallest absolute Gasteiger partial charge is 0.288 e. The molecule has 2 fully saturated rings. The highest BCUT2D eigenvalue weighted by molar-refractivity contribution is 6.33. The van der Waals surface area contributed by atoms with E-state index in [1.54, 1.807) is 6.07 Å². The summed E-state index contributed by atoms with van der Waals surface area (Å²) in [5.74, 6) is 0.512. The molecule has 25 heavy (non-hydrogen) atoms. The van der Waals surface area contributed by atoms with E-state index in [-0.39, 0.29) is 22.7 Å². The van der Waals surface area contributed by atoms with Gasteiger partial charge >= 0.3 is 0 Å². The maximum absolute atomic E-state index is 12.7. The van der Waals surface area contributed by atoms with Crippen molar-refractivity contribution in [1.82, 2.24) is 9.80 Å². The largest absolute Gasteiger partial charge is 0.337 e. The Bertz CT molecular complexity index is 661. The normalized spacial score (nSPS) is 22.3. The molecule has 1 aliphatic heterocycles. The van der Waals surface area contributed by atoms with Crippen LogP contribution in [0.5, 0.6) is 0 Å². The zero-order valence-corrected chi connectivity index (χ0v) is 15.2. The lowest BCUT2D eigenvalue weighted by Crippen LogP contribution is -2.54. The Morgan fingerprint density at radius 1 is 1.32 bits per heavy atom. The van der Waals surface area contributed by atoms with Crippen molar-refractivity contribution < 1.29 is 9.72 Å². The summed E-state index contributed by atoms with van der Waals surface area (Å²) in [4.78, 5) is 27.5. The lowest BCUT2D eigenvalue weighted by molar-refractivity contribution is -0.384. The fraction of sp³-hybridized carbons (Fsp3) is 0.611. The van der Waals surface area contributed by atoms with Crippen LogP contribution < -0.4 is 0 Å². The molecule has 1 saturated heterocycles. The van der Waals surface area contributed by atoms with Gasteiger partial charge in [-0.25, -0.2) is 0 Å². The van der Waals surface area contributed by atoms with E-state index in [1.807, 2.05) is 11.0 Å². The van der Waals surface area contributed by atoms with E-state index >= 15 is 0 Å². The second-order valence-electron chi connectivity index (χ2n) is 7.10. The van der Waals surface area contributed by atoms with Gasteiger partial charge in [0.1, 0.15) is 5.02 Å². The van der Waals surface area contributed by atoms with Crippen molar-refractivity contribution in [1.29, 1.82) is 0 Å². The predicted octanol–water partition coefficient (Wildman–Crippen LogP) is 3.47. The number of nitro benzene ring substituents is 1. The minimum atomic E-state index is -0.452. The molecule has 1 aliphatic carbocycles. The molecular formula is C18H24ClN3O3. The van der Waals surface area contributed by atoms with Gasteiger partial charge in [0.15, 0.2) is 0 Å². The number of piperazine rings is 1. The van der Waals surface area contributed by atoms with Gasteiger partial charge in [-0.15, -0.1) is 0 Å². The molecule has 1 aromatic rings. The van der Waals surface area contributed by atoms with Crippen molar-refractivity contribution in [3.63, 3.8) is 0 Å². The van der Waals surface area contributed by atoms with E-state index in [4.69, 9.17) is 11.6 Å². The Morgan fingerprint density at radius 3 is 2.68 bits per heavy atom. The monoisotopic (exact) mass is 365 g/mol. The van der Waals surface area contributed by atoms with E-state index in [1.165, 1.54) is 6.07 Å². The standard InChI is InChI=1S/C18H24ClN3O3/c1-13-11-20(9-10-21(13)18(23)14-5-2-3-6-14)12-15-7-4-8-16(17(15)19)22(24)25/h4,7-8,13-14H,2-3,5-6,9-12H2,1H3. The van der Waals surface area contributed by atoms with Crippen molar-refractivity contribution in [3.05, 3.63) is 38.9 Å². The van der Waals surface area contributed by atoms with Crippen LogP contribution in [0.2, 0.25) is 5.02 Å². The van der Waals surface area contributed by atoms with Gasteiger partial charge in [0.25, 0.3) is 5.69 Å². The van der Waals surface area contributed by atoms with E-state index in [0.29, 0.717) is 19.0 Å². The Labute approximate surface area is 152 Å². The number of carbonyl (C=O) groups is 1. The number of halogens is 1. The number of benzene rings is 1. The third kappa shape index (κ3) is 3.96. The maximum atomic E-state index is 12.7. The molecule has 1 heterocycles. The highest BCUT2D eigenvalue weighted by atomic mass is 35.5. The lowest BCUT2D eigenvalue weighted by atomic mass is 10.0. The first-order valence-electron chi connectivity index (χ1n) is 8.92. The average Bonchev–Trinajstić information content (AvgIpc) is 3.10. The van der Waals surface area contributed by atoms with Crippen molar-refractivity contribution in [2.75, 3.05) is 19.6 Å². The van der Waals surface area contributed by atoms with E-state index in [9.17, 15) is 14.9 Å². The third-order valence-electron chi connectivity index (χ3n) is 5.35. The van der Waals surface area contributed by atoms with Crippen LogP contribution in [0.25, 0.3) is 0 Å². The zero-order chi connectivity index (χ0) is 18.0. The van der Waals surface area contributed by atoms with Gasteiger partial charge in [-0.3, -0.25) is 19.8 Å². The average molecular weight is 366 g/mol. The van der Waals surface area contributed by atoms with Crippen LogP contribution in [0.1, 0.15) is 38.2 Å². The van der Waals surface area contributed by atoms with Gasteiger partial charge in [0.2, 0.25) is 5.91 Å². The van der Waals surface area contributed by atoms with Gasteiger partial charge in [-0.1, -0.05) is 36.6 Å². The molecule has 1 amide bonds. The highest BCUT2D eigenvalue weighted by Crippen LogP contribution is 2.30. The number of hydrogen-bond donors (Lipinski definition) is 0. The molecule has 0 aromatic heterocycles. The summed E-state index contributed by atoms with van der Waals surface area (Å²) >= 11 is 6.19. The topological polar surface area (TPSA) is 66.7 Å². The fourth-order valence-electron chi connectivity index (χ4n) is 3.98. The van der Waals surface area contributed by atoms with E-state index in [2.05, 4.69) is 11.8 Å². The molecule has 0 radical (unpaired) electrons. The summed E-state index contributed by atoms with van der Waals surface area (Å²) in [6, 6.07) is 5.07. The van der Waals surface area contributed by atoms with Crippen molar-refractivity contribution in [2.45, 2.75) is 45.2 Å². The number of amides is 1. The van der Waals surface area contributed by atoms with Gasteiger partial charge in [0, 0.05) is 44.2 Å². The van der Waals surface area contributed by atoms with Gasteiger partial charge < -0.3 is 4.90 Å². The first-order chi connectivity index (χ1) is 12.0. The predicted molar refractivity (Wildman–Crippen MR) is 96.5 cm³/mol. The van der Waals surface area contributed by atoms with Gasteiger partial charge in [0.05, 0.1) is 4.92 Å². The Hall–Kier alpha value is -1.66. The van der Waals surface area contributed by atoms with Gasteiger partial charge in [-0.2, -0.15) is 0 Å². The summed E-state index contributed by atoms with van der Waals surface area (Å²) in [5, 5.41) is 11.2. The molecule has 6 nitrogen and oxygen atoms in total. The lowest BCUT2D eigenvalue weighted by Gasteiger charge is -2.41. The van der Waals surface area contributed by atoms with Crippen LogP contribution in [-0.4, -0.2) is 46.3 Å². The number of hydrogen-bond acceptors (Lipinski definition) is 4. The van der Waals surface area contributed by atoms with Crippen molar-refractivity contribution in [2.24, 2.45) is 5.92 Å². The van der Waals surface area contributed by atoms with E-state index < -0.39 is 4.92 Å². The Morgan fingerprint density at radius 2 is 2.04 bits per heavy atom. The SMILES string of the molecule is CC1CN(Cc2cccc([N+](=O)[O-])c2Cl)CCN1C(=O)C1CCCC1. The van der Waals surface area contributed by atoms with Crippen molar-refractivity contribution >= 4 is 23.2 Å². The molecule has 7 heteroatoms. The summed E-state index contributed by atoms with van der Waals surface area (Å²) in [7, 11) is 0. The van der Waals surface area contributed by atoms with Crippen LogP contribution in [0.15, 0.2) is 18.2 Å². The molecule has 0 spiro atoms. The van der Waals surface area contributed by atoms with Crippen molar-refractivity contribution in [3.8, 4) is 0 Å². The Kier molecular flexibility index (Phi) is 5.59. The molecule has 3 rings (SSSR count). The minimum Gasteiger partial charge on any atom is -0.337 e. The summed E-state index contributed by atoms with van der Waals surface area (Å²) in [6.45, 7) is 4.88. The second-order valence-corrected chi connectivity index (χ2v) is 7.48. The third-order valence-corrected chi connectivity index (χ3v) is 5.78. The zero-order valence-electron chi connectivity index (χ0n) is 14.5. The molecule has 0 N–H and O–H groups in total. The summed E-state index contributed by atoms with van der Waals surface area (Å²) in [5.41, 5.74) is 0.709. The molecule has 2 aliphatic rings. The first-order valence-corrected chi connectivity index (χ1v) is 9.29. The molecule has 1 saturated carbocycles. The molecular weight excluding hydrogens is 342 g/mol. The van der Waals surface area contributed by atoms with Gasteiger partial charge in [-0.05, 0) is 25.3 Å². The first kappa shape index (κ1) is 18.1. The summed E-state index contributed by atoms with van der Waals surface area (Å²) < 4.78 is 0. The second kappa shape index (κ2) is 7.70. The van der Waals surface area contributed by atoms with Crippen LogP contribution in [0.3, 0.4) is 0 Å². The number of nitrogens with zero attached hydrogens (tertiary/aromatic N) is 3. The van der Waals surface area contributed by atoms with Crippen LogP contribution >= 0.6 is 11.6 Å². The molecule has 0 bridgehead atoms. The highest BCUT2D eigenvalue weighted by Gasteiger charge is 2.33. The number of rotatable bonds is 4. The fourth-order valence-corrected chi connectivity index (χ4v) is 4.24. The molecule has 136 valence electrons.